The molecule has 0 aliphatic carbocycles. The van der Waals surface area contributed by atoms with E-state index in [0.717, 1.165) is 83.4 Å². The van der Waals surface area contributed by atoms with E-state index in [1.54, 1.807) is 35.2 Å². The van der Waals surface area contributed by atoms with E-state index in [2.05, 4.69) is 31.0 Å². The summed E-state index contributed by atoms with van der Waals surface area (Å²) in [6.45, 7) is 1.58. The minimum atomic E-state index is 0.789. The van der Waals surface area contributed by atoms with Gasteiger partial charge in [-0.1, -0.05) is 22.7 Å². The highest BCUT2D eigenvalue weighted by Gasteiger charge is 2.07. The molecule has 4 rings (SSSR count). The van der Waals surface area contributed by atoms with Crippen LogP contribution < -0.4 is 10.6 Å². The van der Waals surface area contributed by atoms with Crippen LogP contribution in [0.5, 0.6) is 0 Å². The summed E-state index contributed by atoms with van der Waals surface area (Å²) in [4.78, 5) is 0. The van der Waals surface area contributed by atoms with Crippen molar-refractivity contribution >= 4 is 32.9 Å². The van der Waals surface area contributed by atoms with E-state index < -0.39 is 0 Å². The van der Waals surface area contributed by atoms with Crippen molar-refractivity contribution in [3.8, 4) is 0 Å². The number of furan rings is 2. The van der Waals surface area contributed by atoms with Gasteiger partial charge in [0.1, 0.15) is 21.5 Å². The second-order valence-electron chi connectivity index (χ2n) is 6.72. The molecule has 0 radical (unpaired) electrons. The van der Waals surface area contributed by atoms with E-state index in [0.29, 0.717) is 0 Å². The van der Waals surface area contributed by atoms with Crippen LogP contribution >= 0.6 is 22.7 Å². The fraction of sp³-hybridized carbons (Fsp3) is 0.400. The first-order valence-corrected chi connectivity index (χ1v) is 11.7. The number of anilines is 2. The van der Waals surface area contributed by atoms with Crippen molar-refractivity contribution in [1.82, 2.24) is 20.4 Å². The third-order valence-electron chi connectivity index (χ3n) is 4.42. The molecule has 158 valence electrons. The predicted octanol–water partition coefficient (Wildman–Crippen LogP) is 4.45. The fourth-order valence-corrected chi connectivity index (χ4v) is 4.51. The molecule has 0 unspecified atom stereocenters. The van der Waals surface area contributed by atoms with Crippen molar-refractivity contribution in [2.24, 2.45) is 0 Å². The van der Waals surface area contributed by atoms with Crippen molar-refractivity contribution in [3.05, 3.63) is 58.3 Å². The summed E-state index contributed by atoms with van der Waals surface area (Å²) < 4.78 is 10.7. The fourth-order valence-electron chi connectivity index (χ4n) is 2.90. The standard InChI is InChI=1S/C20H24N6O2S2/c1(7-17-23-25-19(29-17)21-11-9-15-5-3-13-27-15)2-8-18-24-26-20(30-18)22-12-10-16-6-4-14-28-16/h3-6,13-14H,1-2,7-12H2,(H,21,25)(H,22,26). The number of rotatable bonds is 13. The molecule has 4 aromatic rings. The Morgan fingerprint density at radius 3 is 1.60 bits per heavy atom. The summed E-state index contributed by atoms with van der Waals surface area (Å²) >= 11 is 3.24. The molecule has 0 aliphatic heterocycles. The number of unbranched alkanes of at least 4 members (excludes halogenated alkanes) is 1. The first-order valence-electron chi connectivity index (χ1n) is 10.0. The van der Waals surface area contributed by atoms with Crippen LogP contribution in [-0.2, 0) is 25.7 Å². The van der Waals surface area contributed by atoms with Crippen molar-refractivity contribution in [1.29, 1.82) is 0 Å². The summed E-state index contributed by atoms with van der Waals surface area (Å²) in [5, 5.41) is 27.4. The summed E-state index contributed by atoms with van der Waals surface area (Å²) in [6, 6.07) is 7.76. The van der Waals surface area contributed by atoms with Crippen LogP contribution in [-0.4, -0.2) is 33.5 Å². The highest BCUT2D eigenvalue weighted by molar-refractivity contribution is 7.15. The Balaban J connectivity index is 1.09. The predicted molar refractivity (Wildman–Crippen MR) is 118 cm³/mol. The van der Waals surface area contributed by atoms with Crippen molar-refractivity contribution in [2.75, 3.05) is 23.7 Å². The lowest BCUT2D eigenvalue weighted by molar-refractivity contribution is 0.512. The Kier molecular flexibility index (Phi) is 7.46. The number of hydrogen-bond acceptors (Lipinski definition) is 10. The molecular weight excluding hydrogens is 420 g/mol. The molecule has 30 heavy (non-hydrogen) atoms. The number of hydrogen-bond donors (Lipinski definition) is 2. The Morgan fingerprint density at radius 1 is 0.667 bits per heavy atom. The van der Waals surface area contributed by atoms with Gasteiger partial charge < -0.3 is 19.5 Å². The molecule has 0 saturated carbocycles. The lowest BCUT2D eigenvalue weighted by Crippen LogP contribution is -2.03. The maximum Gasteiger partial charge on any atom is 0.205 e. The molecule has 4 heterocycles. The van der Waals surface area contributed by atoms with Gasteiger partial charge in [-0.25, -0.2) is 0 Å². The third-order valence-corrected chi connectivity index (χ3v) is 6.30. The van der Waals surface area contributed by atoms with Gasteiger partial charge in [0, 0.05) is 38.8 Å². The van der Waals surface area contributed by atoms with Gasteiger partial charge in [-0.05, 0) is 37.1 Å². The number of aromatic nitrogens is 4. The molecule has 0 aliphatic rings. The van der Waals surface area contributed by atoms with Crippen molar-refractivity contribution < 1.29 is 8.83 Å². The van der Waals surface area contributed by atoms with E-state index in [-0.39, 0.29) is 0 Å². The summed E-state index contributed by atoms with van der Waals surface area (Å²) in [7, 11) is 0. The zero-order valence-electron chi connectivity index (χ0n) is 16.5. The number of nitrogens with zero attached hydrogens (tertiary/aromatic N) is 4. The molecular formula is C20H24N6O2S2. The second-order valence-corrected chi connectivity index (χ2v) is 8.85. The van der Waals surface area contributed by atoms with Gasteiger partial charge in [0.2, 0.25) is 10.3 Å². The van der Waals surface area contributed by atoms with Crippen LogP contribution in [0.25, 0.3) is 0 Å². The molecule has 10 heteroatoms. The number of aryl methyl sites for hydroxylation is 2. The molecule has 2 N–H and O–H groups in total. The third kappa shape index (κ3) is 6.39. The van der Waals surface area contributed by atoms with E-state index in [9.17, 15) is 0 Å². The summed E-state index contributed by atoms with van der Waals surface area (Å²) in [6.07, 6.45) is 9.05. The van der Waals surface area contributed by atoms with Crippen LogP contribution in [0.3, 0.4) is 0 Å². The first-order chi connectivity index (χ1) is 14.8. The maximum absolute atomic E-state index is 5.33. The summed E-state index contributed by atoms with van der Waals surface area (Å²) in [5.74, 6) is 1.94. The maximum atomic E-state index is 5.33. The minimum Gasteiger partial charge on any atom is -0.469 e. The van der Waals surface area contributed by atoms with Crippen LogP contribution in [0.15, 0.2) is 45.6 Å². The highest BCUT2D eigenvalue weighted by atomic mass is 32.1. The zero-order chi connectivity index (χ0) is 20.4. The minimum absolute atomic E-state index is 0.789. The van der Waals surface area contributed by atoms with Crippen molar-refractivity contribution in [2.45, 2.75) is 38.5 Å². The molecule has 0 fully saturated rings. The van der Waals surface area contributed by atoms with Gasteiger partial charge in [0.05, 0.1) is 12.5 Å². The zero-order valence-corrected chi connectivity index (χ0v) is 18.2. The van der Waals surface area contributed by atoms with Crippen LogP contribution in [0.2, 0.25) is 0 Å². The van der Waals surface area contributed by atoms with Crippen LogP contribution in [0.1, 0.15) is 34.4 Å². The molecule has 0 saturated heterocycles. The molecule has 0 aromatic carbocycles. The quantitative estimate of drug-likeness (QED) is 0.292. The smallest absolute Gasteiger partial charge is 0.205 e. The Bertz CT molecular complexity index is 900. The monoisotopic (exact) mass is 444 g/mol. The normalized spacial score (nSPS) is 11.1. The van der Waals surface area contributed by atoms with Gasteiger partial charge in [-0.2, -0.15) is 0 Å². The molecule has 0 bridgehead atoms. The van der Waals surface area contributed by atoms with E-state index in [1.165, 1.54) is 0 Å². The van der Waals surface area contributed by atoms with Gasteiger partial charge in [-0.3, -0.25) is 0 Å². The Morgan fingerprint density at radius 2 is 1.17 bits per heavy atom. The SMILES string of the molecule is c1coc(CCNc2nnc(CCCCc3nnc(NCCc4ccco4)s3)s2)c1. The summed E-state index contributed by atoms with van der Waals surface area (Å²) in [5.41, 5.74) is 0. The highest BCUT2D eigenvalue weighted by Crippen LogP contribution is 2.20. The molecule has 0 amide bonds. The largest absolute Gasteiger partial charge is 0.469 e. The molecule has 4 aromatic heterocycles. The van der Waals surface area contributed by atoms with Gasteiger partial charge in [-0.15, -0.1) is 20.4 Å². The molecule has 0 atom stereocenters. The lowest BCUT2D eigenvalue weighted by Gasteiger charge is -1.99. The van der Waals surface area contributed by atoms with Crippen LogP contribution in [0.4, 0.5) is 10.3 Å². The number of nitrogens with one attached hydrogen (secondary N) is 2. The van der Waals surface area contributed by atoms with Gasteiger partial charge in [0.15, 0.2) is 0 Å². The first kappa shape index (κ1) is 20.5. The Hall–Kier alpha value is -2.72. The van der Waals surface area contributed by atoms with E-state index in [4.69, 9.17) is 8.83 Å². The van der Waals surface area contributed by atoms with Gasteiger partial charge >= 0.3 is 0 Å². The van der Waals surface area contributed by atoms with Gasteiger partial charge in [0.25, 0.3) is 0 Å². The van der Waals surface area contributed by atoms with Crippen molar-refractivity contribution in [3.63, 3.8) is 0 Å². The molecule has 8 nitrogen and oxygen atoms in total. The average molecular weight is 445 g/mol. The molecule has 0 spiro atoms. The average Bonchev–Trinajstić information content (AvgIpc) is 3.54. The topological polar surface area (TPSA) is 102 Å². The van der Waals surface area contributed by atoms with E-state index in [1.807, 2.05) is 24.3 Å². The Labute approximate surface area is 182 Å². The second kappa shape index (κ2) is 10.9. The van der Waals surface area contributed by atoms with Crippen LogP contribution in [0, 0.1) is 0 Å². The van der Waals surface area contributed by atoms with E-state index >= 15 is 0 Å². The lowest BCUT2D eigenvalue weighted by atomic mass is 10.2.